The van der Waals surface area contributed by atoms with Crippen LogP contribution in [0.5, 0.6) is 0 Å². The highest BCUT2D eigenvalue weighted by atomic mass is 19.1. The van der Waals surface area contributed by atoms with E-state index in [1.165, 1.54) is 0 Å². The van der Waals surface area contributed by atoms with Crippen LogP contribution in [0.25, 0.3) is 0 Å². The smallest absolute Gasteiger partial charge is 0.242 e. The van der Waals surface area contributed by atoms with Crippen molar-refractivity contribution in [3.05, 3.63) is 35.4 Å². The number of halogens is 2. The van der Waals surface area contributed by atoms with Crippen LogP contribution in [0.4, 0.5) is 8.78 Å². The minimum Gasteiger partial charge on any atom is -0.391 e. The van der Waals surface area contributed by atoms with Crippen molar-refractivity contribution in [1.82, 2.24) is 10.6 Å². The van der Waals surface area contributed by atoms with Gasteiger partial charge < -0.3 is 21.5 Å². The summed E-state index contributed by atoms with van der Waals surface area (Å²) in [6.07, 6.45) is -1.53. The van der Waals surface area contributed by atoms with E-state index in [0.717, 1.165) is 18.2 Å². The number of hydrogen-bond donors (Lipinski definition) is 4. The summed E-state index contributed by atoms with van der Waals surface area (Å²) < 4.78 is 26.4. The Morgan fingerprint density at radius 2 is 1.77 bits per heavy atom. The normalized spacial score (nSPS) is 14.6. The van der Waals surface area contributed by atoms with Crippen molar-refractivity contribution >= 4 is 11.8 Å². The molecule has 3 atom stereocenters. The number of benzene rings is 1. The number of nitrogens with one attached hydrogen (secondary N) is 2. The van der Waals surface area contributed by atoms with Gasteiger partial charge in [-0.1, -0.05) is 13.8 Å². The molecule has 0 spiro atoms. The van der Waals surface area contributed by atoms with Gasteiger partial charge in [0.2, 0.25) is 11.8 Å². The summed E-state index contributed by atoms with van der Waals surface area (Å²) in [4.78, 5) is 24.1. The summed E-state index contributed by atoms with van der Waals surface area (Å²) in [5.41, 5.74) is 6.13. The molecule has 6 nitrogen and oxygen atoms in total. The van der Waals surface area contributed by atoms with Crippen molar-refractivity contribution in [2.75, 3.05) is 6.54 Å². The zero-order valence-corrected chi connectivity index (χ0v) is 15.3. The number of hydrogen-bond acceptors (Lipinski definition) is 4. The number of rotatable bonds is 9. The largest absolute Gasteiger partial charge is 0.391 e. The highest BCUT2D eigenvalue weighted by Crippen LogP contribution is 2.12. The van der Waals surface area contributed by atoms with Crippen LogP contribution in [0.1, 0.15) is 32.8 Å². The van der Waals surface area contributed by atoms with Crippen LogP contribution in [0.3, 0.4) is 0 Å². The van der Waals surface area contributed by atoms with Gasteiger partial charge in [-0.2, -0.15) is 0 Å². The zero-order valence-electron chi connectivity index (χ0n) is 15.3. The van der Waals surface area contributed by atoms with Gasteiger partial charge in [-0.05, 0) is 37.0 Å². The standard InChI is InChI=1S/C18H27F2N3O3/c1-4-22-18(26)17(10(2)3)23-16(25)9-15(24)14(21)7-11-5-12(19)8-13(20)6-11/h5-6,8,10,14-15,17,24H,4,7,9,21H2,1-3H3,(H,22,26)(H,23,25)/t14-,15-,17-/m0/s1. The Morgan fingerprint density at radius 1 is 1.19 bits per heavy atom. The first-order valence-electron chi connectivity index (χ1n) is 8.59. The van der Waals surface area contributed by atoms with E-state index < -0.39 is 35.7 Å². The number of carbonyl (C=O) groups excluding carboxylic acids is 2. The maximum Gasteiger partial charge on any atom is 0.242 e. The molecular weight excluding hydrogens is 344 g/mol. The average Bonchev–Trinajstić information content (AvgIpc) is 2.51. The monoisotopic (exact) mass is 371 g/mol. The number of nitrogens with two attached hydrogens (primary N) is 1. The van der Waals surface area contributed by atoms with Gasteiger partial charge in [-0.25, -0.2) is 8.78 Å². The summed E-state index contributed by atoms with van der Waals surface area (Å²) in [5.74, 6) is -2.43. The lowest BCUT2D eigenvalue weighted by Crippen LogP contribution is -2.51. The Hall–Kier alpha value is -2.06. The molecule has 0 aliphatic carbocycles. The first-order chi connectivity index (χ1) is 12.1. The van der Waals surface area contributed by atoms with Crippen LogP contribution in [-0.4, -0.2) is 41.7 Å². The lowest BCUT2D eigenvalue weighted by Gasteiger charge is -2.23. The van der Waals surface area contributed by atoms with E-state index >= 15 is 0 Å². The van der Waals surface area contributed by atoms with E-state index in [0.29, 0.717) is 6.54 Å². The third-order valence-corrected chi connectivity index (χ3v) is 3.90. The van der Waals surface area contributed by atoms with Crippen LogP contribution >= 0.6 is 0 Å². The zero-order chi connectivity index (χ0) is 19.9. The molecule has 8 heteroatoms. The van der Waals surface area contributed by atoms with Gasteiger partial charge in [-0.15, -0.1) is 0 Å². The van der Waals surface area contributed by atoms with E-state index in [2.05, 4.69) is 10.6 Å². The van der Waals surface area contributed by atoms with Crippen LogP contribution in [0.15, 0.2) is 18.2 Å². The molecule has 1 aromatic rings. The van der Waals surface area contributed by atoms with Crippen LogP contribution in [-0.2, 0) is 16.0 Å². The Labute approximate surface area is 152 Å². The third-order valence-electron chi connectivity index (χ3n) is 3.90. The van der Waals surface area contributed by atoms with E-state index in [4.69, 9.17) is 5.73 Å². The fourth-order valence-corrected chi connectivity index (χ4v) is 2.53. The fraction of sp³-hybridized carbons (Fsp3) is 0.556. The van der Waals surface area contributed by atoms with Gasteiger partial charge in [0.25, 0.3) is 0 Å². The summed E-state index contributed by atoms with van der Waals surface area (Å²) in [6.45, 7) is 5.80. The van der Waals surface area contributed by atoms with Gasteiger partial charge in [-0.3, -0.25) is 9.59 Å². The van der Waals surface area contributed by atoms with Crippen LogP contribution in [0.2, 0.25) is 0 Å². The highest BCUT2D eigenvalue weighted by molar-refractivity contribution is 5.87. The molecular formula is C18H27F2N3O3. The first-order valence-corrected chi connectivity index (χ1v) is 8.59. The van der Waals surface area contributed by atoms with Crippen molar-refractivity contribution in [3.8, 4) is 0 Å². The third kappa shape index (κ3) is 7.05. The first kappa shape index (κ1) is 22.0. The molecule has 1 rings (SSSR count). The average molecular weight is 371 g/mol. The van der Waals surface area contributed by atoms with Gasteiger partial charge in [0.05, 0.1) is 12.5 Å². The van der Waals surface area contributed by atoms with E-state index in [-0.39, 0.29) is 30.2 Å². The van der Waals surface area contributed by atoms with Gasteiger partial charge in [0.15, 0.2) is 0 Å². The van der Waals surface area contributed by atoms with Crippen molar-refractivity contribution < 1.29 is 23.5 Å². The van der Waals surface area contributed by atoms with E-state index in [1.807, 2.05) is 0 Å². The maximum absolute atomic E-state index is 13.2. The molecule has 0 unspecified atom stereocenters. The van der Waals surface area contributed by atoms with Gasteiger partial charge in [0, 0.05) is 18.7 Å². The predicted octanol–water partition coefficient (Wildman–Crippen LogP) is 0.863. The maximum atomic E-state index is 13.2. The molecule has 26 heavy (non-hydrogen) atoms. The summed E-state index contributed by atoms with van der Waals surface area (Å²) >= 11 is 0. The number of carbonyl (C=O) groups is 2. The van der Waals surface area contributed by atoms with Crippen molar-refractivity contribution in [2.45, 2.75) is 51.8 Å². The topological polar surface area (TPSA) is 104 Å². The second-order valence-corrected chi connectivity index (χ2v) is 6.60. The predicted molar refractivity (Wildman–Crippen MR) is 94.1 cm³/mol. The van der Waals surface area contributed by atoms with E-state index in [9.17, 15) is 23.5 Å². The Kier molecular flexibility index (Phi) is 8.60. The molecule has 0 aliphatic rings. The van der Waals surface area contributed by atoms with Crippen molar-refractivity contribution in [2.24, 2.45) is 11.7 Å². The molecule has 0 aliphatic heterocycles. The second-order valence-electron chi connectivity index (χ2n) is 6.60. The van der Waals surface area contributed by atoms with Gasteiger partial charge in [0.1, 0.15) is 17.7 Å². The quantitative estimate of drug-likeness (QED) is 0.517. The SMILES string of the molecule is CCNC(=O)[C@@H](NC(=O)C[C@H](O)[C@@H](N)Cc1cc(F)cc(F)c1)C(C)C. The summed E-state index contributed by atoms with van der Waals surface area (Å²) in [6, 6.07) is 1.39. The Bertz CT molecular complexity index is 605. The van der Waals surface area contributed by atoms with Crippen molar-refractivity contribution in [3.63, 3.8) is 0 Å². The molecule has 0 saturated heterocycles. The molecule has 0 fully saturated rings. The fourth-order valence-electron chi connectivity index (χ4n) is 2.53. The molecule has 2 amide bonds. The molecule has 0 radical (unpaired) electrons. The lowest BCUT2D eigenvalue weighted by molar-refractivity contribution is -0.131. The highest BCUT2D eigenvalue weighted by Gasteiger charge is 2.26. The summed E-state index contributed by atoms with van der Waals surface area (Å²) in [7, 11) is 0. The minimum absolute atomic E-state index is 0.00700. The number of likely N-dealkylation sites (N-methyl/N-ethyl adjacent to an activating group) is 1. The van der Waals surface area contributed by atoms with Crippen molar-refractivity contribution in [1.29, 1.82) is 0 Å². The molecule has 1 aromatic carbocycles. The molecule has 0 aromatic heterocycles. The summed E-state index contributed by atoms with van der Waals surface area (Å²) in [5, 5.41) is 15.3. The second kappa shape index (κ2) is 10.2. The lowest BCUT2D eigenvalue weighted by atomic mass is 9.98. The minimum atomic E-state index is -1.22. The Morgan fingerprint density at radius 3 is 2.27 bits per heavy atom. The number of aliphatic hydroxyl groups is 1. The number of amides is 2. The van der Waals surface area contributed by atoms with E-state index in [1.54, 1.807) is 20.8 Å². The van der Waals surface area contributed by atoms with Crippen LogP contribution in [0, 0.1) is 17.6 Å². The molecule has 0 saturated carbocycles. The molecule has 5 N–H and O–H groups in total. The number of aliphatic hydroxyl groups excluding tert-OH is 1. The molecule has 0 bridgehead atoms. The Balaban J connectivity index is 2.62. The van der Waals surface area contributed by atoms with Gasteiger partial charge >= 0.3 is 0 Å². The molecule has 146 valence electrons. The van der Waals surface area contributed by atoms with Crippen LogP contribution < -0.4 is 16.4 Å². The molecule has 0 heterocycles.